The van der Waals surface area contributed by atoms with E-state index < -0.39 is 6.29 Å². The minimum absolute atomic E-state index is 0.322. The Morgan fingerprint density at radius 2 is 1.85 bits per heavy atom. The molecule has 0 aliphatic carbocycles. The van der Waals surface area contributed by atoms with Crippen LogP contribution in [0.3, 0.4) is 0 Å². The van der Waals surface area contributed by atoms with E-state index >= 15 is 0 Å². The minimum Gasteiger partial charge on any atom is -0.508 e. The molecule has 3 nitrogen and oxygen atoms in total. The standard InChI is InChI=1S/C6H6O.C4H10O2/c7-6-4-2-1-3-5-6;1-3-6-4(2)5/h1-5,7H;4-5H,3H2,1-2H3. The summed E-state index contributed by atoms with van der Waals surface area (Å²) < 4.78 is 4.60. The van der Waals surface area contributed by atoms with Gasteiger partial charge in [0.05, 0.1) is 0 Å². The molecule has 3 heteroatoms. The van der Waals surface area contributed by atoms with Gasteiger partial charge in [-0.15, -0.1) is 0 Å². The Kier molecular flexibility index (Phi) is 6.96. The molecule has 0 saturated carbocycles. The Morgan fingerprint density at radius 3 is 2.00 bits per heavy atom. The Bertz CT molecular complexity index is 197. The van der Waals surface area contributed by atoms with Crippen LogP contribution in [0.4, 0.5) is 0 Å². The average molecular weight is 184 g/mol. The third-order valence-corrected chi connectivity index (χ3v) is 1.16. The van der Waals surface area contributed by atoms with Crippen molar-refractivity contribution >= 4 is 0 Å². The number of hydrogen-bond acceptors (Lipinski definition) is 3. The van der Waals surface area contributed by atoms with Crippen molar-refractivity contribution in [1.82, 2.24) is 0 Å². The summed E-state index contributed by atoms with van der Waals surface area (Å²) in [7, 11) is 0. The summed E-state index contributed by atoms with van der Waals surface area (Å²) in [5, 5.41) is 17.0. The van der Waals surface area contributed by atoms with Crippen molar-refractivity contribution in [2.45, 2.75) is 20.1 Å². The lowest BCUT2D eigenvalue weighted by molar-refractivity contribution is -0.0800. The highest BCUT2D eigenvalue weighted by Crippen LogP contribution is 2.02. The smallest absolute Gasteiger partial charge is 0.151 e. The molecule has 0 aromatic heterocycles. The number of aromatic hydroxyl groups is 1. The van der Waals surface area contributed by atoms with Gasteiger partial charge in [-0.05, 0) is 26.0 Å². The number of para-hydroxylation sites is 1. The van der Waals surface area contributed by atoms with Gasteiger partial charge in [-0.1, -0.05) is 18.2 Å². The largest absolute Gasteiger partial charge is 0.508 e. The molecule has 1 aromatic carbocycles. The van der Waals surface area contributed by atoms with Crippen molar-refractivity contribution in [3.8, 4) is 5.75 Å². The fourth-order valence-corrected chi connectivity index (χ4v) is 0.669. The summed E-state index contributed by atoms with van der Waals surface area (Å²) in [5.74, 6) is 0.322. The van der Waals surface area contributed by atoms with Crippen molar-refractivity contribution in [3.05, 3.63) is 30.3 Å². The molecule has 0 aliphatic rings. The van der Waals surface area contributed by atoms with E-state index in [1.165, 1.54) is 0 Å². The zero-order valence-corrected chi connectivity index (χ0v) is 7.97. The number of aliphatic hydroxyl groups excluding tert-OH is 1. The van der Waals surface area contributed by atoms with E-state index in [2.05, 4.69) is 4.74 Å². The van der Waals surface area contributed by atoms with Crippen LogP contribution in [0.25, 0.3) is 0 Å². The average Bonchev–Trinajstić information content (AvgIpc) is 2.06. The van der Waals surface area contributed by atoms with Crippen molar-refractivity contribution in [1.29, 1.82) is 0 Å². The van der Waals surface area contributed by atoms with Gasteiger partial charge in [0, 0.05) is 6.61 Å². The molecule has 0 amide bonds. The number of phenols is 1. The van der Waals surface area contributed by atoms with Crippen LogP contribution in [0.2, 0.25) is 0 Å². The maximum Gasteiger partial charge on any atom is 0.151 e. The molecule has 1 atom stereocenters. The number of benzene rings is 1. The normalized spacial score (nSPS) is 11.3. The molecule has 13 heavy (non-hydrogen) atoms. The summed E-state index contributed by atoms with van der Waals surface area (Å²) in [6, 6.07) is 8.71. The van der Waals surface area contributed by atoms with Crippen LogP contribution in [0.15, 0.2) is 30.3 Å². The maximum atomic E-state index is 8.63. The molecule has 0 radical (unpaired) electrons. The molecule has 1 aromatic rings. The van der Waals surface area contributed by atoms with E-state index in [9.17, 15) is 0 Å². The highest BCUT2D eigenvalue weighted by molar-refractivity contribution is 5.18. The minimum atomic E-state index is -0.602. The molecule has 1 unspecified atom stereocenters. The van der Waals surface area contributed by atoms with Crippen LogP contribution in [0.5, 0.6) is 5.75 Å². The molecule has 0 saturated heterocycles. The number of hydrogen-bond donors (Lipinski definition) is 2. The van der Waals surface area contributed by atoms with Crippen LogP contribution >= 0.6 is 0 Å². The molecule has 0 aliphatic heterocycles. The van der Waals surface area contributed by atoms with E-state index in [-0.39, 0.29) is 0 Å². The SMILES string of the molecule is CCOC(C)O.Oc1ccccc1. The second-order valence-corrected chi connectivity index (χ2v) is 2.39. The van der Waals surface area contributed by atoms with E-state index in [1.807, 2.05) is 13.0 Å². The van der Waals surface area contributed by atoms with Crippen LogP contribution in [0.1, 0.15) is 13.8 Å². The van der Waals surface area contributed by atoms with Crippen molar-refractivity contribution in [3.63, 3.8) is 0 Å². The van der Waals surface area contributed by atoms with Crippen LogP contribution in [-0.4, -0.2) is 23.1 Å². The van der Waals surface area contributed by atoms with Gasteiger partial charge in [0.1, 0.15) is 5.75 Å². The summed E-state index contributed by atoms with van der Waals surface area (Å²) in [4.78, 5) is 0. The first-order chi connectivity index (χ1) is 6.16. The van der Waals surface area contributed by atoms with Gasteiger partial charge in [-0.2, -0.15) is 0 Å². The van der Waals surface area contributed by atoms with E-state index in [0.29, 0.717) is 12.4 Å². The van der Waals surface area contributed by atoms with Crippen molar-refractivity contribution in [2.75, 3.05) is 6.61 Å². The molecule has 0 spiro atoms. The van der Waals surface area contributed by atoms with Crippen LogP contribution < -0.4 is 0 Å². The summed E-state index contributed by atoms with van der Waals surface area (Å²) in [5.41, 5.74) is 0. The molecule has 1 rings (SSSR count). The molecular formula is C10H16O3. The maximum absolute atomic E-state index is 8.63. The van der Waals surface area contributed by atoms with Crippen LogP contribution in [-0.2, 0) is 4.74 Å². The van der Waals surface area contributed by atoms with Gasteiger partial charge in [0.25, 0.3) is 0 Å². The van der Waals surface area contributed by atoms with Crippen molar-refractivity contribution in [2.24, 2.45) is 0 Å². The lowest BCUT2D eigenvalue weighted by Crippen LogP contribution is -2.04. The Morgan fingerprint density at radius 1 is 1.31 bits per heavy atom. The number of ether oxygens (including phenoxy) is 1. The monoisotopic (exact) mass is 184 g/mol. The number of aliphatic hydroxyl groups is 1. The molecule has 0 fully saturated rings. The van der Waals surface area contributed by atoms with Gasteiger partial charge in [0.15, 0.2) is 6.29 Å². The summed E-state index contributed by atoms with van der Waals surface area (Å²) >= 11 is 0. The Balaban J connectivity index is 0.000000226. The molecule has 74 valence electrons. The quantitative estimate of drug-likeness (QED) is 0.688. The van der Waals surface area contributed by atoms with Gasteiger partial charge in [-0.25, -0.2) is 0 Å². The zero-order valence-electron chi connectivity index (χ0n) is 7.97. The first-order valence-electron chi connectivity index (χ1n) is 4.20. The first kappa shape index (κ1) is 11.9. The summed E-state index contributed by atoms with van der Waals surface area (Å²) in [6.45, 7) is 4.01. The highest BCUT2D eigenvalue weighted by atomic mass is 16.6. The van der Waals surface area contributed by atoms with E-state index in [1.54, 1.807) is 31.2 Å². The fraction of sp³-hybridized carbons (Fsp3) is 0.400. The zero-order chi connectivity index (χ0) is 10.1. The van der Waals surface area contributed by atoms with E-state index in [0.717, 1.165) is 0 Å². The molecule has 2 N–H and O–H groups in total. The second kappa shape index (κ2) is 7.58. The fourth-order valence-electron chi connectivity index (χ4n) is 0.669. The number of phenolic OH excluding ortho intramolecular Hbond substituents is 1. The predicted octanol–water partition coefficient (Wildman–Crippen LogP) is 1.75. The third-order valence-electron chi connectivity index (χ3n) is 1.16. The lowest BCUT2D eigenvalue weighted by Gasteiger charge is -1.99. The summed E-state index contributed by atoms with van der Waals surface area (Å²) in [6.07, 6.45) is -0.602. The van der Waals surface area contributed by atoms with Gasteiger partial charge in [-0.3, -0.25) is 0 Å². The molecule has 0 bridgehead atoms. The van der Waals surface area contributed by atoms with E-state index in [4.69, 9.17) is 10.2 Å². The molecule has 0 heterocycles. The Labute approximate surface area is 78.6 Å². The second-order valence-electron chi connectivity index (χ2n) is 2.39. The Hall–Kier alpha value is -1.06. The highest BCUT2D eigenvalue weighted by Gasteiger charge is 1.85. The first-order valence-corrected chi connectivity index (χ1v) is 4.20. The van der Waals surface area contributed by atoms with Gasteiger partial charge >= 0.3 is 0 Å². The van der Waals surface area contributed by atoms with Crippen LogP contribution in [0, 0.1) is 0 Å². The molecular weight excluding hydrogens is 168 g/mol. The lowest BCUT2D eigenvalue weighted by atomic mass is 10.3. The van der Waals surface area contributed by atoms with Gasteiger partial charge < -0.3 is 14.9 Å². The third kappa shape index (κ3) is 8.85. The topological polar surface area (TPSA) is 49.7 Å². The predicted molar refractivity (Wildman–Crippen MR) is 51.4 cm³/mol. The van der Waals surface area contributed by atoms with Crippen molar-refractivity contribution < 1.29 is 14.9 Å². The van der Waals surface area contributed by atoms with Gasteiger partial charge in [0.2, 0.25) is 0 Å². The number of rotatable bonds is 2.